The molecule has 1 aliphatic rings. The number of carbonyl (C=O) groups excluding carboxylic acids is 2. The third kappa shape index (κ3) is 3.85. The van der Waals surface area contributed by atoms with Crippen molar-refractivity contribution < 1.29 is 14.0 Å². The van der Waals surface area contributed by atoms with Crippen LogP contribution in [0.4, 0.5) is 0 Å². The van der Waals surface area contributed by atoms with Gasteiger partial charge in [-0.25, -0.2) is 4.98 Å². The first kappa shape index (κ1) is 19.1. The standard InChI is InChI=1S/C22H24N4O3/c1-3-23-20(27)14-8-10-16(12-14)26(2)22(28)15-9-11-18(24-13-15)21-25-17-6-4-5-7-19(17)29-21/h4-7,9,11,13-14,16H,3,8,10,12H2,1-2H3,(H,23,27). The number of hydrogen-bond donors (Lipinski definition) is 1. The summed E-state index contributed by atoms with van der Waals surface area (Å²) in [4.78, 5) is 35.5. The van der Waals surface area contributed by atoms with Gasteiger partial charge in [0.1, 0.15) is 11.2 Å². The van der Waals surface area contributed by atoms with Gasteiger partial charge in [-0.05, 0) is 50.5 Å². The summed E-state index contributed by atoms with van der Waals surface area (Å²) >= 11 is 0. The molecular formula is C22H24N4O3. The fourth-order valence-corrected chi connectivity index (χ4v) is 3.86. The lowest BCUT2D eigenvalue weighted by Crippen LogP contribution is -2.36. The van der Waals surface area contributed by atoms with Gasteiger partial charge >= 0.3 is 0 Å². The first-order valence-corrected chi connectivity index (χ1v) is 9.93. The van der Waals surface area contributed by atoms with Crippen LogP contribution in [0.3, 0.4) is 0 Å². The van der Waals surface area contributed by atoms with Gasteiger partial charge in [0, 0.05) is 31.7 Å². The minimum atomic E-state index is -0.0943. The lowest BCUT2D eigenvalue weighted by Gasteiger charge is -2.24. The molecule has 4 rings (SSSR count). The first-order chi connectivity index (χ1) is 14.1. The second-order valence-electron chi connectivity index (χ2n) is 7.39. The molecule has 2 amide bonds. The molecule has 2 aromatic heterocycles. The van der Waals surface area contributed by atoms with Gasteiger partial charge in [-0.15, -0.1) is 0 Å². The number of fused-ring (bicyclic) bond motifs is 1. The molecule has 0 radical (unpaired) electrons. The van der Waals surface area contributed by atoms with Crippen molar-refractivity contribution in [1.29, 1.82) is 0 Å². The van der Waals surface area contributed by atoms with E-state index >= 15 is 0 Å². The van der Waals surface area contributed by atoms with Gasteiger partial charge in [-0.2, -0.15) is 0 Å². The number of rotatable bonds is 5. The Morgan fingerprint density at radius 1 is 1.21 bits per heavy atom. The normalized spacial score (nSPS) is 18.7. The smallest absolute Gasteiger partial charge is 0.255 e. The van der Waals surface area contributed by atoms with Crippen LogP contribution < -0.4 is 5.32 Å². The average molecular weight is 392 g/mol. The van der Waals surface area contributed by atoms with Crippen LogP contribution in [-0.4, -0.2) is 46.3 Å². The fourth-order valence-electron chi connectivity index (χ4n) is 3.86. The molecule has 1 aliphatic carbocycles. The Hall–Kier alpha value is -3.22. The SMILES string of the molecule is CCNC(=O)C1CCC(N(C)C(=O)c2ccc(-c3nc4ccccc4o3)nc2)C1. The number of hydrogen-bond acceptors (Lipinski definition) is 5. The highest BCUT2D eigenvalue weighted by Crippen LogP contribution is 2.30. The van der Waals surface area contributed by atoms with E-state index in [0.29, 0.717) is 35.7 Å². The Balaban J connectivity index is 1.44. The van der Waals surface area contributed by atoms with E-state index in [-0.39, 0.29) is 23.8 Å². The monoisotopic (exact) mass is 392 g/mol. The third-order valence-electron chi connectivity index (χ3n) is 5.52. The van der Waals surface area contributed by atoms with Crippen LogP contribution in [0.2, 0.25) is 0 Å². The van der Waals surface area contributed by atoms with Crippen LogP contribution in [0.25, 0.3) is 22.7 Å². The maximum Gasteiger partial charge on any atom is 0.255 e. The zero-order valence-corrected chi connectivity index (χ0v) is 16.6. The van der Waals surface area contributed by atoms with Crippen LogP contribution in [0, 0.1) is 5.92 Å². The molecule has 1 N–H and O–H groups in total. The quantitative estimate of drug-likeness (QED) is 0.720. The van der Waals surface area contributed by atoms with Gasteiger partial charge in [-0.1, -0.05) is 12.1 Å². The highest BCUT2D eigenvalue weighted by Gasteiger charge is 2.33. The third-order valence-corrected chi connectivity index (χ3v) is 5.52. The van der Waals surface area contributed by atoms with Crippen molar-refractivity contribution in [3.05, 3.63) is 48.2 Å². The van der Waals surface area contributed by atoms with E-state index in [0.717, 1.165) is 18.4 Å². The van der Waals surface area contributed by atoms with Crippen molar-refractivity contribution in [3.8, 4) is 11.6 Å². The molecule has 1 fully saturated rings. The topological polar surface area (TPSA) is 88.3 Å². The molecule has 0 spiro atoms. The summed E-state index contributed by atoms with van der Waals surface area (Å²) in [6.45, 7) is 2.55. The minimum Gasteiger partial charge on any atom is -0.435 e. The van der Waals surface area contributed by atoms with Crippen molar-refractivity contribution in [3.63, 3.8) is 0 Å². The zero-order chi connectivity index (χ0) is 20.4. The number of para-hydroxylation sites is 2. The molecule has 0 aliphatic heterocycles. The molecule has 0 saturated heterocycles. The van der Waals surface area contributed by atoms with E-state index in [4.69, 9.17) is 4.42 Å². The van der Waals surface area contributed by atoms with Crippen molar-refractivity contribution in [2.75, 3.05) is 13.6 Å². The van der Waals surface area contributed by atoms with Gasteiger partial charge in [0.2, 0.25) is 11.8 Å². The second-order valence-corrected chi connectivity index (χ2v) is 7.39. The summed E-state index contributed by atoms with van der Waals surface area (Å²) in [5.74, 6) is 0.400. The largest absolute Gasteiger partial charge is 0.435 e. The summed E-state index contributed by atoms with van der Waals surface area (Å²) < 4.78 is 5.73. The van der Waals surface area contributed by atoms with Crippen LogP contribution in [0.1, 0.15) is 36.5 Å². The van der Waals surface area contributed by atoms with Crippen molar-refractivity contribution in [1.82, 2.24) is 20.2 Å². The molecule has 3 aromatic rings. The Labute approximate surface area is 169 Å². The highest BCUT2D eigenvalue weighted by molar-refractivity contribution is 5.94. The van der Waals surface area contributed by atoms with Gasteiger partial charge < -0.3 is 14.6 Å². The van der Waals surface area contributed by atoms with Crippen LogP contribution >= 0.6 is 0 Å². The number of aromatic nitrogens is 2. The van der Waals surface area contributed by atoms with Gasteiger partial charge in [0.25, 0.3) is 5.91 Å². The molecule has 150 valence electrons. The number of pyridine rings is 1. The highest BCUT2D eigenvalue weighted by atomic mass is 16.3. The Bertz CT molecular complexity index is 995. The van der Waals surface area contributed by atoms with E-state index in [1.165, 1.54) is 0 Å². The van der Waals surface area contributed by atoms with Crippen molar-refractivity contribution in [2.24, 2.45) is 5.92 Å². The number of nitrogens with zero attached hydrogens (tertiary/aromatic N) is 3. The minimum absolute atomic E-state index is 0.0186. The van der Waals surface area contributed by atoms with Crippen LogP contribution in [-0.2, 0) is 4.79 Å². The maximum absolute atomic E-state index is 12.9. The molecule has 7 heteroatoms. The van der Waals surface area contributed by atoms with Gasteiger partial charge in [-0.3, -0.25) is 14.6 Å². The zero-order valence-electron chi connectivity index (χ0n) is 16.6. The molecule has 2 unspecified atom stereocenters. The van der Waals surface area contributed by atoms with Crippen molar-refractivity contribution in [2.45, 2.75) is 32.2 Å². The number of amides is 2. The molecule has 7 nitrogen and oxygen atoms in total. The molecule has 1 aromatic carbocycles. The number of carbonyl (C=O) groups is 2. The molecule has 2 atom stereocenters. The van der Waals surface area contributed by atoms with Crippen LogP contribution in [0.5, 0.6) is 0 Å². The van der Waals surface area contributed by atoms with Gasteiger partial charge in [0.15, 0.2) is 5.58 Å². The second kappa shape index (κ2) is 8.03. The molecule has 29 heavy (non-hydrogen) atoms. The Morgan fingerprint density at radius 2 is 2.03 bits per heavy atom. The van der Waals surface area contributed by atoms with E-state index in [2.05, 4.69) is 15.3 Å². The summed E-state index contributed by atoms with van der Waals surface area (Å²) in [5.41, 5.74) is 2.56. The Kier molecular flexibility index (Phi) is 5.29. The van der Waals surface area contributed by atoms with Crippen molar-refractivity contribution >= 4 is 22.9 Å². The first-order valence-electron chi connectivity index (χ1n) is 9.93. The maximum atomic E-state index is 12.9. The van der Waals surface area contributed by atoms with E-state index in [1.807, 2.05) is 31.2 Å². The lowest BCUT2D eigenvalue weighted by molar-refractivity contribution is -0.124. The fraction of sp³-hybridized carbons (Fsp3) is 0.364. The summed E-state index contributed by atoms with van der Waals surface area (Å²) in [6, 6.07) is 11.1. The summed E-state index contributed by atoms with van der Waals surface area (Å²) in [6.07, 6.45) is 3.89. The average Bonchev–Trinajstić information content (AvgIpc) is 3.40. The lowest BCUT2D eigenvalue weighted by atomic mass is 10.1. The van der Waals surface area contributed by atoms with E-state index < -0.39 is 0 Å². The molecule has 2 heterocycles. The number of oxazole rings is 1. The predicted molar refractivity (Wildman–Crippen MR) is 109 cm³/mol. The molecule has 1 saturated carbocycles. The van der Waals surface area contributed by atoms with Gasteiger partial charge in [0.05, 0.1) is 5.56 Å². The number of nitrogens with one attached hydrogen (secondary N) is 1. The van der Waals surface area contributed by atoms with E-state index in [1.54, 1.807) is 30.3 Å². The molecule has 0 bridgehead atoms. The predicted octanol–water partition coefficient (Wildman–Crippen LogP) is 3.27. The van der Waals surface area contributed by atoms with Crippen LogP contribution in [0.15, 0.2) is 47.0 Å². The Morgan fingerprint density at radius 3 is 2.76 bits per heavy atom. The molecular weight excluding hydrogens is 368 g/mol. The number of benzene rings is 1. The summed E-state index contributed by atoms with van der Waals surface area (Å²) in [7, 11) is 1.79. The van der Waals surface area contributed by atoms with E-state index in [9.17, 15) is 9.59 Å². The summed E-state index contributed by atoms with van der Waals surface area (Å²) in [5, 5.41) is 2.87.